The second-order valence-electron chi connectivity index (χ2n) is 9.57. The van der Waals surface area contributed by atoms with E-state index in [2.05, 4.69) is 108 Å². The van der Waals surface area contributed by atoms with Crippen LogP contribution in [0.5, 0.6) is 0 Å². The topological polar surface area (TPSA) is 24.9 Å². The summed E-state index contributed by atoms with van der Waals surface area (Å²) < 4.78 is 4.19. The van der Waals surface area contributed by atoms with Crippen LogP contribution in [0.1, 0.15) is 71.1 Å². The number of anilines is 2. The highest BCUT2D eigenvalue weighted by atomic mass is 15.5. The number of hydrogen-bond donors (Lipinski definition) is 0. The molecule has 1 heterocycles. The first kappa shape index (κ1) is 25.7. The molecule has 0 radical (unpaired) electrons. The first-order valence-electron chi connectivity index (χ1n) is 13.8. The Kier molecular flexibility index (Phi) is 10.2. The Morgan fingerprint density at radius 1 is 0.639 bits per heavy atom. The third-order valence-corrected chi connectivity index (χ3v) is 6.74. The Hall–Kier alpha value is -3.40. The summed E-state index contributed by atoms with van der Waals surface area (Å²) >= 11 is 0. The minimum absolute atomic E-state index is 0.937. The van der Waals surface area contributed by atoms with Crippen LogP contribution in [-0.2, 0) is 0 Å². The minimum Gasteiger partial charge on any atom is -0.246 e. The molecule has 4 aromatic rings. The minimum atomic E-state index is 0.937. The molecular weight excluding hydrogens is 440 g/mol. The van der Waals surface area contributed by atoms with Crippen molar-refractivity contribution < 1.29 is 4.57 Å². The van der Waals surface area contributed by atoms with Gasteiger partial charge in [0.1, 0.15) is 5.69 Å². The molecule has 0 saturated carbocycles. The molecule has 3 aromatic carbocycles. The van der Waals surface area contributed by atoms with Crippen molar-refractivity contribution in [2.75, 3.05) is 11.4 Å². The van der Waals surface area contributed by atoms with Crippen molar-refractivity contribution in [3.05, 3.63) is 97.3 Å². The molecule has 0 amide bonds. The fourth-order valence-electron chi connectivity index (χ4n) is 4.70. The maximum Gasteiger partial charge on any atom is 0.390 e. The molecule has 188 valence electrons. The standard InChI is InChI=1S/C32H41N4/c1-2-3-4-5-6-7-8-9-10-20-27-34(29-21-14-11-15-22-29)32-33-36(31-25-18-13-19-26-31)28-35(32)30-23-16-12-17-24-30/h11-19,21-26,28H,2-10,20,27H2,1H3/q+1. The van der Waals surface area contributed by atoms with Crippen LogP contribution in [0, 0.1) is 0 Å². The van der Waals surface area contributed by atoms with E-state index in [-0.39, 0.29) is 0 Å². The second-order valence-corrected chi connectivity index (χ2v) is 9.57. The van der Waals surface area contributed by atoms with Crippen molar-refractivity contribution in [1.82, 2.24) is 9.78 Å². The lowest BCUT2D eigenvalue weighted by Gasteiger charge is -2.18. The molecule has 4 heteroatoms. The van der Waals surface area contributed by atoms with E-state index < -0.39 is 0 Å². The average Bonchev–Trinajstić information content (AvgIpc) is 3.38. The molecule has 0 atom stereocenters. The number of aromatic nitrogens is 3. The average molecular weight is 482 g/mol. The van der Waals surface area contributed by atoms with Crippen molar-refractivity contribution in [2.45, 2.75) is 71.1 Å². The Morgan fingerprint density at radius 3 is 1.78 bits per heavy atom. The van der Waals surface area contributed by atoms with Gasteiger partial charge in [0.2, 0.25) is 6.33 Å². The molecule has 4 nitrogen and oxygen atoms in total. The first-order valence-corrected chi connectivity index (χ1v) is 13.8. The summed E-state index contributed by atoms with van der Waals surface area (Å²) in [5, 5.41) is 5.10. The summed E-state index contributed by atoms with van der Waals surface area (Å²) in [6.45, 7) is 3.23. The van der Waals surface area contributed by atoms with E-state index in [1.165, 1.54) is 63.5 Å². The van der Waals surface area contributed by atoms with Crippen molar-refractivity contribution in [3.8, 4) is 11.4 Å². The van der Waals surface area contributed by atoms with Gasteiger partial charge in [-0.15, -0.1) is 4.68 Å². The van der Waals surface area contributed by atoms with Gasteiger partial charge >= 0.3 is 5.95 Å². The lowest BCUT2D eigenvalue weighted by molar-refractivity contribution is -0.582. The van der Waals surface area contributed by atoms with E-state index in [9.17, 15) is 0 Å². The van der Waals surface area contributed by atoms with Gasteiger partial charge in [0.25, 0.3) is 0 Å². The molecular formula is C32H41N4+. The van der Waals surface area contributed by atoms with E-state index in [1.54, 1.807) is 0 Å². The van der Waals surface area contributed by atoms with Gasteiger partial charge in [-0.05, 0) is 42.8 Å². The lowest BCUT2D eigenvalue weighted by Crippen LogP contribution is -2.37. The molecule has 0 aliphatic heterocycles. The number of unbranched alkanes of at least 4 members (excludes halogenated alkanes) is 9. The molecule has 0 saturated heterocycles. The van der Waals surface area contributed by atoms with Crippen LogP contribution in [0.4, 0.5) is 11.6 Å². The van der Waals surface area contributed by atoms with E-state index >= 15 is 0 Å². The third-order valence-electron chi connectivity index (χ3n) is 6.74. The summed E-state index contributed by atoms with van der Waals surface area (Å²) in [5.41, 5.74) is 3.34. The Labute approximate surface area is 217 Å². The molecule has 0 unspecified atom stereocenters. The summed E-state index contributed by atoms with van der Waals surface area (Å²) in [6, 6.07) is 31.6. The molecule has 1 aromatic heterocycles. The van der Waals surface area contributed by atoms with E-state index in [4.69, 9.17) is 5.10 Å². The third kappa shape index (κ3) is 7.30. The summed E-state index contributed by atoms with van der Waals surface area (Å²) in [4.78, 5) is 2.37. The molecule has 0 fully saturated rings. The van der Waals surface area contributed by atoms with Gasteiger partial charge in [-0.1, -0.05) is 119 Å². The van der Waals surface area contributed by atoms with Crippen molar-refractivity contribution >= 4 is 11.6 Å². The predicted octanol–water partition coefficient (Wildman–Crippen LogP) is 8.21. The SMILES string of the molecule is CCCCCCCCCCCCN(c1ccccc1)c1nn(-c2ccccc2)c[n+]1-c1ccccc1. The molecule has 36 heavy (non-hydrogen) atoms. The van der Waals surface area contributed by atoms with Crippen LogP contribution < -0.4 is 9.47 Å². The van der Waals surface area contributed by atoms with E-state index in [0.717, 1.165) is 30.3 Å². The van der Waals surface area contributed by atoms with Crippen LogP contribution in [0.25, 0.3) is 11.4 Å². The molecule has 0 spiro atoms. The van der Waals surface area contributed by atoms with Gasteiger partial charge in [0.15, 0.2) is 0 Å². The summed E-state index contributed by atoms with van der Waals surface area (Å²) in [5.74, 6) is 0.937. The lowest BCUT2D eigenvalue weighted by atomic mass is 10.1. The normalized spacial score (nSPS) is 11.0. The van der Waals surface area contributed by atoms with Crippen molar-refractivity contribution in [3.63, 3.8) is 0 Å². The maximum atomic E-state index is 5.10. The quantitative estimate of drug-likeness (QED) is 0.126. The number of benzene rings is 3. The van der Waals surface area contributed by atoms with Gasteiger partial charge < -0.3 is 0 Å². The van der Waals surface area contributed by atoms with Gasteiger partial charge in [-0.3, -0.25) is 0 Å². The van der Waals surface area contributed by atoms with Crippen LogP contribution in [0.2, 0.25) is 0 Å². The second kappa shape index (κ2) is 14.2. The largest absolute Gasteiger partial charge is 0.390 e. The monoisotopic (exact) mass is 481 g/mol. The van der Waals surface area contributed by atoms with Crippen LogP contribution in [0.15, 0.2) is 97.3 Å². The smallest absolute Gasteiger partial charge is 0.246 e. The van der Waals surface area contributed by atoms with Crippen LogP contribution in [0.3, 0.4) is 0 Å². The van der Waals surface area contributed by atoms with Crippen molar-refractivity contribution in [2.24, 2.45) is 0 Å². The Balaban J connectivity index is 1.49. The Morgan fingerprint density at radius 2 is 1.17 bits per heavy atom. The van der Waals surface area contributed by atoms with Gasteiger partial charge in [-0.2, -0.15) is 4.57 Å². The zero-order valence-electron chi connectivity index (χ0n) is 21.8. The Bertz CT molecular complexity index is 1120. The fraction of sp³-hybridized carbons (Fsp3) is 0.375. The predicted molar refractivity (Wildman–Crippen MR) is 150 cm³/mol. The maximum absolute atomic E-state index is 5.10. The number of nitrogens with zero attached hydrogens (tertiary/aromatic N) is 4. The zero-order chi connectivity index (χ0) is 24.8. The van der Waals surface area contributed by atoms with Crippen LogP contribution in [-0.4, -0.2) is 16.3 Å². The van der Waals surface area contributed by atoms with Crippen LogP contribution >= 0.6 is 0 Å². The van der Waals surface area contributed by atoms with E-state index in [0.29, 0.717) is 0 Å². The summed E-state index contributed by atoms with van der Waals surface area (Å²) in [7, 11) is 0. The van der Waals surface area contributed by atoms with Gasteiger partial charge in [0.05, 0.1) is 17.9 Å². The molecule has 0 aliphatic rings. The number of hydrogen-bond acceptors (Lipinski definition) is 2. The van der Waals surface area contributed by atoms with E-state index in [1.807, 2.05) is 10.7 Å². The summed E-state index contributed by atoms with van der Waals surface area (Å²) in [6.07, 6.45) is 15.4. The molecule has 0 N–H and O–H groups in total. The number of para-hydroxylation sites is 3. The highest BCUT2D eigenvalue weighted by molar-refractivity contribution is 5.55. The molecule has 0 bridgehead atoms. The van der Waals surface area contributed by atoms with Gasteiger partial charge in [0, 0.05) is 5.10 Å². The van der Waals surface area contributed by atoms with Crippen molar-refractivity contribution in [1.29, 1.82) is 0 Å². The number of rotatable bonds is 15. The van der Waals surface area contributed by atoms with Gasteiger partial charge in [-0.25, -0.2) is 4.90 Å². The zero-order valence-corrected chi connectivity index (χ0v) is 21.8. The molecule has 4 rings (SSSR count). The highest BCUT2D eigenvalue weighted by Crippen LogP contribution is 2.24. The highest BCUT2D eigenvalue weighted by Gasteiger charge is 2.26. The molecule has 0 aliphatic carbocycles. The fourth-order valence-corrected chi connectivity index (χ4v) is 4.70. The first-order chi connectivity index (χ1) is 17.9.